The number of likely N-dealkylation sites (N-methyl/N-ethyl adjacent to an activating group) is 1. The van der Waals surface area contributed by atoms with Gasteiger partial charge in [-0.25, -0.2) is 0 Å². The molecule has 0 unspecified atom stereocenters. The van der Waals surface area contributed by atoms with Gasteiger partial charge in [0.2, 0.25) is 5.91 Å². The normalized spacial score (nSPS) is 21.6. The molecule has 0 spiro atoms. The van der Waals surface area contributed by atoms with E-state index in [9.17, 15) is 4.79 Å². The minimum absolute atomic E-state index is 0. The van der Waals surface area contributed by atoms with Gasteiger partial charge in [0.25, 0.3) is 0 Å². The third kappa shape index (κ3) is 4.91. The monoisotopic (exact) mass is 290 g/mol. The fraction of sp³-hybridized carbons (Fsp3) is 0.923. The summed E-state index contributed by atoms with van der Waals surface area (Å²) in [6, 6.07) is 0. The highest BCUT2D eigenvalue weighted by Gasteiger charge is 2.27. The van der Waals surface area contributed by atoms with Gasteiger partial charge in [-0.05, 0) is 20.0 Å². The Hall–Kier alpha value is -0.360. The molecular weight excluding hydrogens is 264 g/mol. The molecule has 1 N–H and O–H groups in total. The number of hydrogen-bond donors (Lipinski definition) is 1. The number of piperazine rings is 1. The number of carbonyl (C=O) groups is 1. The molecule has 0 aromatic heterocycles. The zero-order chi connectivity index (χ0) is 13.0. The van der Waals surface area contributed by atoms with Gasteiger partial charge in [0.05, 0.1) is 5.92 Å². The fourth-order valence-electron chi connectivity index (χ4n) is 2.49. The standard InChI is InChI=1S/C13H26N4O.ClH/c1-15-6-8-17(9-7-15)5-3-4-16(2)13(18)12-10-14-11-12;/h12,14H,3-11H2,1-2H3;1H. The predicted octanol–water partition coefficient (Wildman–Crippen LogP) is -0.276. The fourth-order valence-corrected chi connectivity index (χ4v) is 2.49. The van der Waals surface area contributed by atoms with Gasteiger partial charge in [0, 0.05) is 52.9 Å². The van der Waals surface area contributed by atoms with Crippen LogP contribution in [0.1, 0.15) is 6.42 Å². The summed E-state index contributed by atoms with van der Waals surface area (Å²) in [5.41, 5.74) is 0. The molecule has 0 aromatic carbocycles. The van der Waals surface area contributed by atoms with Gasteiger partial charge in [-0.1, -0.05) is 0 Å². The van der Waals surface area contributed by atoms with Crippen molar-refractivity contribution in [1.82, 2.24) is 20.0 Å². The van der Waals surface area contributed by atoms with E-state index in [1.165, 1.54) is 26.2 Å². The van der Waals surface area contributed by atoms with Crippen LogP contribution in [0.2, 0.25) is 0 Å². The summed E-state index contributed by atoms with van der Waals surface area (Å²) in [4.78, 5) is 18.7. The van der Waals surface area contributed by atoms with E-state index in [2.05, 4.69) is 22.2 Å². The molecule has 2 rings (SSSR count). The second-order valence-corrected chi connectivity index (χ2v) is 5.61. The Morgan fingerprint density at radius 3 is 2.42 bits per heavy atom. The van der Waals surface area contributed by atoms with Crippen molar-refractivity contribution < 1.29 is 4.79 Å². The number of halogens is 1. The summed E-state index contributed by atoms with van der Waals surface area (Å²) in [5.74, 6) is 0.547. The van der Waals surface area contributed by atoms with Gasteiger partial charge in [0.1, 0.15) is 0 Å². The summed E-state index contributed by atoms with van der Waals surface area (Å²) in [6.45, 7) is 8.41. The third-order valence-electron chi connectivity index (χ3n) is 4.07. The lowest BCUT2D eigenvalue weighted by Gasteiger charge is -2.33. The molecule has 0 saturated carbocycles. The number of nitrogens with zero attached hydrogens (tertiary/aromatic N) is 3. The Bertz CT molecular complexity index is 278. The summed E-state index contributed by atoms with van der Waals surface area (Å²) in [7, 11) is 4.11. The van der Waals surface area contributed by atoms with Gasteiger partial charge in [-0.2, -0.15) is 0 Å². The van der Waals surface area contributed by atoms with E-state index in [4.69, 9.17) is 0 Å². The molecular formula is C13H27ClN4O. The predicted molar refractivity (Wildman–Crippen MR) is 79.8 cm³/mol. The zero-order valence-corrected chi connectivity index (χ0v) is 12.9. The van der Waals surface area contributed by atoms with E-state index in [1.54, 1.807) is 0 Å². The van der Waals surface area contributed by atoms with Gasteiger partial charge < -0.3 is 20.0 Å². The maximum absolute atomic E-state index is 11.9. The van der Waals surface area contributed by atoms with Crippen molar-refractivity contribution in [3.05, 3.63) is 0 Å². The molecule has 2 heterocycles. The Kier molecular flexibility index (Phi) is 7.07. The first-order valence-electron chi connectivity index (χ1n) is 7.03. The third-order valence-corrected chi connectivity index (χ3v) is 4.07. The molecule has 0 radical (unpaired) electrons. The highest BCUT2D eigenvalue weighted by molar-refractivity contribution is 5.85. The molecule has 6 heteroatoms. The zero-order valence-electron chi connectivity index (χ0n) is 12.1. The SMILES string of the molecule is CN1CCN(CCCN(C)C(=O)C2CNC2)CC1.Cl. The summed E-state index contributed by atoms with van der Waals surface area (Å²) in [6.07, 6.45) is 1.09. The molecule has 1 amide bonds. The van der Waals surface area contributed by atoms with Crippen molar-refractivity contribution in [2.24, 2.45) is 5.92 Å². The number of hydrogen-bond acceptors (Lipinski definition) is 4. The van der Waals surface area contributed by atoms with Crippen molar-refractivity contribution >= 4 is 18.3 Å². The van der Waals surface area contributed by atoms with Crippen molar-refractivity contribution in [2.75, 3.05) is 66.5 Å². The quantitative estimate of drug-likeness (QED) is 0.756. The summed E-state index contributed by atoms with van der Waals surface area (Å²) >= 11 is 0. The highest BCUT2D eigenvalue weighted by atomic mass is 35.5. The highest BCUT2D eigenvalue weighted by Crippen LogP contribution is 2.07. The number of rotatable bonds is 5. The van der Waals surface area contributed by atoms with E-state index in [-0.39, 0.29) is 18.3 Å². The lowest BCUT2D eigenvalue weighted by Crippen LogP contribution is -2.51. The van der Waals surface area contributed by atoms with Crippen LogP contribution in [-0.2, 0) is 4.79 Å². The Balaban J connectivity index is 0.00000180. The molecule has 0 atom stereocenters. The summed E-state index contributed by atoms with van der Waals surface area (Å²) < 4.78 is 0. The van der Waals surface area contributed by atoms with E-state index in [1.807, 2.05) is 11.9 Å². The molecule has 2 aliphatic heterocycles. The minimum Gasteiger partial charge on any atom is -0.345 e. The van der Waals surface area contributed by atoms with E-state index >= 15 is 0 Å². The second kappa shape index (κ2) is 8.04. The van der Waals surface area contributed by atoms with Crippen LogP contribution in [0.25, 0.3) is 0 Å². The van der Waals surface area contributed by atoms with Gasteiger partial charge in [0.15, 0.2) is 0 Å². The first kappa shape index (κ1) is 16.7. The molecule has 0 aliphatic carbocycles. The average molecular weight is 291 g/mol. The Morgan fingerprint density at radius 1 is 1.26 bits per heavy atom. The molecule has 2 fully saturated rings. The van der Waals surface area contributed by atoms with Crippen LogP contribution in [0, 0.1) is 5.92 Å². The Labute approximate surface area is 122 Å². The van der Waals surface area contributed by atoms with Crippen LogP contribution in [0.5, 0.6) is 0 Å². The average Bonchev–Trinajstić information content (AvgIpc) is 2.29. The molecule has 2 aliphatic rings. The van der Waals surface area contributed by atoms with Crippen LogP contribution < -0.4 is 5.32 Å². The Morgan fingerprint density at radius 2 is 1.89 bits per heavy atom. The first-order valence-corrected chi connectivity index (χ1v) is 7.03. The van der Waals surface area contributed by atoms with Gasteiger partial charge in [-0.15, -0.1) is 12.4 Å². The molecule has 112 valence electrons. The lowest BCUT2D eigenvalue weighted by atomic mass is 10.0. The van der Waals surface area contributed by atoms with E-state index in [0.29, 0.717) is 5.91 Å². The number of carbonyl (C=O) groups excluding carboxylic acids is 1. The van der Waals surface area contributed by atoms with Crippen LogP contribution in [-0.4, -0.2) is 87.1 Å². The second-order valence-electron chi connectivity index (χ2n) is 5.61. The lowest BCUT2D eigenvalue weighted by molar-refractivity contribution is -0.135. The smallest absolute Gasteiger partial charge is 0.227 e. The van der Waals surface area contributed by atoms with Gasteiger partial charge >= 0.3 is 0 Å². The molecule has 19 heavy (non-hydrogen) atoms. The maximum atomic E-state index is 11.9. The van der Waals surface area contributed by atoms with Gasteiger partial charge in [-0.3, -0.25) is 4.79 Å². The van der Waals surface area contributed by atoms with E-state index in [0.717, 1.165) is 32.6 Å². The van der Waals surface area contributed by atoms with Crippen molar-refractivity contribution in [3.63, 3.8) is 0 Å². The molecule has 0 aromatic rings. The van der Waals surface area contributed by atoms with Crippen LogP contribution in [0.3, 0.4) is 0 Å². The molecule has 5 nitrogen and oxygen atoms in total. The first-order chi connectivity index (χ1) is 8.66. The van der Waals surface area contributed by atoms with Crippen LogP contribution >= 0.6 is 12.4 Å². The molecule has 2 saturated heterocycles. The van der Waals surface area contributed by atoms with Crippen molar-refractivity contribution in [1.29, 1.82) is 0 Å². The van der Waals surface area contributed by atoms with Crippen LogP contribution in [0.4, 0.5) is 0 Å². The topological polar surface area (TPSA) is 38.8 Å². The maximum Gasteiger partial charge on any atom is 0.227 e. The number of nitrogens with one attached hydrogen (secondary N) is 1. The van der Waals surface area contributed by atoms with Crippen molar-refractivity contribution in [2.45, 2.75) is 6.42 Å². The minimum atomic E-state index is 0. The number of amides is 1. The van der Waals surface area contributed by atoms with Crippen LogP contribution in [0.15, 0.2) is 0 Å². The largest absolute Gasteiger partial charge is 0.345 e. The van der Waals surface area contributed by atoms with Crippen molar-refractivity contribution in [3.8, 4) is 0 Å². The summed E-state index contributed by atoms with van der Waals surface area (Å²) in [5, 5.41) is 3.15. The molecule has 0 bridgehead atoms. The van der Waals surface area contributed by atoms with E-state index < -0.39 is 0 Å².